The summed E-state index contributed by atoms with van der Waals surface area (Å²) in [6, 6.07) is 19.5. The standard InChI is InChI=1S/C39H44FN5O4/c1-25-32(35(37(46)47)49-38(2,3)4)34(45-20-18-39(5,6)19-21-45)33(36(43-25)44-31-16-9-27(23-41)24-42-31)28-10-14-30(15-11-28)48-22-17-26-7-12-29(40)13-8-26/h7-16,24,35H,17-22H2,1-6H3,(H,46,47)(H,42,43,44)/t35-/m0/s1. The van der Waals surface area contributed by atoms with Crippen molar-refractivity contribution < 1.29 is 23.8 Å². The molecular weight excluding hydrogens is 621 g/mol. The van der Waals surface area contributed by atoms with Crippen molar-refractivity contribution in [2.75, 3.05) is 29.9 Å². The highest BCUT2D eigenvalue weighted by Crippen LogP contribution is 2.47. The average Bonchev–Trinajstić information content (AvgIpc) is 3.05. The third-order valence-corrected chi connectivity index (χ3v) is 8.64. The normalized spacial score (nSPS) is 14.9. The fourth-order valence-corrected chi connectivity index (χ4v) is 5.94. The Morgan fingerprint density at radius 1 is 1.08 bits per heavy atom. The molecule has 0 amide bonds. The van der Waals surface area contributed by atoms with Crippen molar-refractivity contribution in [3.63, 3.8) is 0 Å². The molecule has 9 nitrogen and oxygen atoms in total. The van der Waals surface area contributed by atoms with E-state index in [-0.39, 0.29) is 11.2 Å². The van der Waals surface area contributed by atoms with E-state index in [0.717, 1.165) is 42.7 Å². The van der Waals surface area contributed by atoms with Gasteiger partial charge in [0.25, 0.3) is 0 Å². The predicted molar refractivity (Wildman–Crippen MR) is 189 cm³/mol. The number of aromatic nitrogens is 2. The Bertz CT molecular complexity index is 1800. The summed E-state index contributed by atoms with van der Waals surface area (Å²) in [6.07, 6.45) is 2.69. The van der Waals surface area contributed by atoms with Gasteiger partial charge in [-0.05, 0) is 93.5 Å². The molecule has 2 aromatic carbocycles. The smallest absolute Gasteiger partial charge is 0.337 e. The zero-order valence-corrected chi connectivity index (χ0v) is 29.0. The summed E-state index contributed by atoms with van der Waals surface area (Å²) < 4.78 is 25.6. The van der Waals surface area contributed by atoms with Gasteiger partial charge in [-0.25, -0.2) is 19.2 Å². The number of aliphatic carboxylic acids is 1. The lowest BCUT2D eigenvalue weighted by atomic mass is 9.82. The van der Waals surface area contributed by atoms with Crippen LogP contribution in [0.1, 0.15) is 75.9 Å². The maximum absolute atomic E-state index is 13.3. The number of aryl methyl sites for hydroxylation is 1. The van der Waals surface area contributed by atoms with Crippen LogP contribution in [-0.4, -0.2) is 46.3 Å². The Kier molecular flexibility index (Phi) is 10.5. The summed E-state index contributed by atoms with van der Waals surface area (Å²) in [5.74, 6) is 0.291. The first-order chi connectivity index (χ1) is 23.2. The van der Waals surface area contributed by atoms with E-state index in [2.05, 4.69) is 35.1 Å². The zero-order valence-electron chi connectivity index (χ0n) is 29.0. The van der Waals surface area contributed by atoms with Crippen molar-refractivity contribution in [3.8, 4) is 22.9 Å². The van der Waals surface area contributed by atoms with E-state index in [1.54, 1.807) is 24.3 Å². The molecule has 5 rings (SSSR count). The Labute approximate surface area is 287 Å². The van der Waals surface area contributed by atoms with Gasteiger partial charge < -0.3 is 24.8 Å². The van der Waals surface area contributed by atoms with Gasteiger partial charge >= 0.3 is 5.97 Å². The summed E-state index contributed by atoms with van der Waals surface area (Å²) in [4.78, 5) is 24.6. The van der Waals surface area contributed by atoms with Gasteiger partial charge in [-0.15, -0.1) is 0 Å². The van der Waals surface area contributed by atoms with Gasteiger partial charge in [0.05, 0.1) is 23.5 Å². The molecule has 1 saturated heterocycles. The molecule has 0 saturated carbocycles. The third kappa shape index (κ3) is 8.92. The number of nitriles is 1. The SMILES string of the molecule is Cc1nc(Nc2ccc(C#N)cn2)c(-c2ccc(OCCc3ccc(F)cc3)cc2)c(N2CCC(C)(C)CC2)c1[C@H](OC(C)(C)C)C(=O)O. The number of anilines is 3. The van der Waals surface area contributed by atoms with Crippen molar-refractivity contribution in [1.29, 1.82) is 5.26 Å². The van der Waals surface area contributed by atoms with Crippen molar-refractivity contribution in [2.45, 2.75) is 72.5 Å². The first-order valence-corrected chi connectivity index (χ1v) is 16.5. The topological polar surface area (TPSA) is 121 Å². The monoisotopic (exact) mass is 665 g/mol. The van der Waals surface area contributed by atoms with E-state index in [0.29, 0.717) is 52.8 Å². The lowest BCUT2D eigenvalue weighted by molar-refractivity contribution is -0.160. The number of benzene rings is 2. The quantitative estimate of drug-likeness (QED) is 0.163. The predicted octanol–water partition coefficient (Wildman–Crippen LogP) is 8.40. The fraction of sp³-hybridized carbons (Fsp3) is 0.385. The number of halogens is 1. The van der Waals surface area contributed by atoms with Crippen LogP contribution in [-0.2, 0) is 16.0 Å². The minimum Gasteiger partial charge on any atom is -0.493 e. The maximum atomic E-state index is 13.3. The number of nitrogens with zero attached hydrogens (tertiary/aromatic N) is 4. The third-order valence-electron chi connectivity index (χ3n) is 8.64. The molecule has 0 spiro atoms. The number of hydrogen-bond donors (Lipinski definition) is 2. The summed E-state index contributed by atoms with van der Waals surface area (Å²) in [6.45, 7) is 13.7. The van der Waals surface area contributed by atoms with E-state index in [1.807, 2.05) is 52.0 Å². The van der Waals surface area contributed by atoms with Crippen LogP contribution in [0.2, 0.25) is 0 Å². The van der Waals surface area contributed by atoms with E-state index in [4.69, 9.17) is 14.5 Å². The van der Waals surface area contributed by atoms with Crippen LogP contribution in [0.4, 0.5) is 21.7 Å². The molecule has 3 heterocycles. The number of carboxylic acids is 1. The summed E-state index contributed by atoms with van der Waals surface area (Å²) in [5, 5.41) is 23.3. The van der Waals surface area contributed by atoms with Crippen LogP contribution in [0.3, 0.4) is 0 Å². The Morgan fingerprint density at radius 2 is 1.76 bits per heavy atom. The lowest BCUT2D eigenvalue weighted by Gasteiger charge is -2.41. The van der Waals surface area contributed by atoms with Gasteiger partial charge in [0.2, 0.25) is 0 Å². The van der Waals surface area contributed by atoms with Gasteiger partial charge in [-0.1, -0.05) is 38.1 Å². The largest absolute Gasteiger partial charge is 0.493 e. The molecule has 256 valence electrons. The molecule has 2 N–H and O–H groups in total. The van der Waals surface area contributed by atoms with E-state index in [9.17, 15) is 19.6 Å². The van der Waals surface area contributed by atoms with Crippen LogP contribution in [0.25, 0.3) is 11.1 Å². The molecule has 0 aliphatic carbocycles. The second kappa shape index (κ2) is 14.6. The first-order valence-electron chi connectivity index (χ1n) is 16.5. The second-order valence-corrected chi connectivity index (χ2v) is 14.2. The van der Waals surface area contributed by atoms with Crippen LogP contribution >= 0.6 is 0 Å². The van der Waals surface area contributed by atoms with Crippen LogP contribution < -0.4 is 15.0 Å². The highest BCUT2D eigenvalue weighted by Gasteiger charge is 2.37. The number of ether oxygens (including phenoxy) is 2. The van der Waals surface area contributed by atoms with Crippen LogP contribution in [0, 0.1) is 29.5 Å². The van der Waals surface area contributed by atoms with Gasteiger partial charge in [-0.2, -0.15) is 5.26 Å². The number of carbonyl (C=O) groups is 1. The van der Waals surface area contributed by atoms with Gasteiger partial charge in [0, 0.05) is 42.5 Å². The molecule has 49 heavy (non-hydrogen) atoms. The molecule has 1 aliphatic rings. The first kappa shape index (κ1) is 35.3. The number of hydrogen-bond acceptors (Lipinski definition) is 8. The summed E-state index contributed by atoms with van der Waals surface area (Å²) in [7, 11) is 0. The maximum Gasteiger partial charge on any atom is 0.337 e. The van der Waals surface area contributed by atoms with Crippen LogP contribution in [0.5, 0.6) is 5.75 Å². The number of nitrogens with one attached hydrogen (secondary N) is 1. The van der Waals surface area contributed by atoms with Crippen LogP contribution in [0.15, 0.2) is 66.9 Å². The van der Waals surface area contributed by atoms with Gasteiger partial charge in [-0.3, -0.25) is 0 Å². The highest BCUT2D eigenvalue weighted by molar-refractivity contribution is 5.93. The molecule has 4 aromatic rings. The minimum atomic E-state index is -1.27. The molecular formula is C39H44FN5O4. The number of rotatable bonds is 11. The molecule has 0 radical (unpaired) electrons. The zero-order chi connectivity index (χ0) is 35.3. The van der Waals surface area contributed by atoms with Crippen molar-refractivity contribution in [2.24, 2.45) is 5.41 Å². The molecule has 1 aliphatic heterocycles. The van der Waals surface area contributed by atoms with E-state index < -0.39 is 17.7 Å². The summed E-state index contributed by atoms with van der Waals surface area (Å²) in [5.41, 5.74) is 4.11. The van der Waals surface area contributed by atoms with Crippen molar-refractivity contribution in [1.82, 2.24) is 9.97 Å². The molecule has 0 unspecified atom stereocenters. The number of carboxylic acid groups (broad SMARTS) is 1. The van der Waals surface area contributed by atoms with Crippen molar-refractivity contribution >= 4 is 23.3 Å². The molecule has 1 fully saturated rings. The molecule has 10 heteroatoms. The molecule has 2 aromatic heterocycles. The van der Waals surface area contributed by atoms with Gasteiger partial charge in [0.15, 0.2) is 6.10 Å². The van der Waals surface area contributed by atoms with E-state index >= 15 is 0 Å². The Balaban J connectivity index is 1.63. The summed E-state index contributed by atoms with van der Waals surface area (Å²) >= 11 is 0. The van der Waals surface area contributed by atoms with Gasteiger partial charge in [0.1, 0.15) is 29.3 Å². The Hall–Kier alpha value is -5.01. The number of pyridine rings is 2. The Morgan fingerprint density at radius 3 is 2.33 bits per heavy atom. The molecule has 1 atom stereocenters. The lowest BCUT2D eigenvalue weighted by Crippen LogP contribution is -2.39. The minimum absolute atomic E-state index is 0.146. The highest BCUT2D eigenvalue weighted by atomic mass is 19.1. The number of piperidine rings is 1. The molecule has 0 bridgehead atoms. The fourth-order valence-electron chi connectivity index (χ4n) is 5.94. The second-order valence-electron chi connectivity index (χ2n) is 14.2. The van der Waals surface area contributed by atoms with E-state index in [1.165, 1.54) is 18.3 Å². The average molecular weight is 666 g/mol. The van der Waals surface area contributed by atoms with Crippen molar-refractivity contribution in [3.05, 3.63) is 95.1 Å².